The van der Waals surface area contributed by atoms with Gasteiger partial charge in [-0.2, -0.15) is 18.3 Å². The van der Waals surface area contributed by atoms with E-state index in [-0.39, 0.29) is 47.5 Å². The summed E-state index contributed by atoms with van der Waals surface area (Å²) < 4.78 is 42.7. The molecule has 204 valence electrons. The van der Waals surface area contributed by atoms with Crippen molar-refractivity contribution < 1.29 is 22.8 Å². The minimum atomic E-state index is -4.42. The lowest BCUT2D eigenvalue weighted by atomic mass is 9.93. The molecule has 2 aliphatic heterocycles. The Hall–Kier alpha value is -3.04. The number of nitrogens with one attached hydrogen (secondary N) is 1. The van der Waals surface area contributed by atoms with E-state index in [4.69, 9.17) is 0 Å². The van der Waals surface area contributed by atoms with Crippen LogP contribution in [-0.4, -0.2) is 63.2 Å². The number of amides is 3. The van der Waals surface area contributed by atoms with Crippen LogP contribution in [0, 0.1) is 0 Å². The van der Waals surface area contributed by atoms with Gasteiger partial charge in [0.05, 0.1) is 29.1 Å². The second-order valence-corrected chi connectivity index (χ2v) is 11.7. The predicted molar refractivity (Wildman–Crippen MR) is 135 cm³/mol. The molecule has 2 saturated carbocycles. The fourth-order valence-corrected chi connectivity index (χ4v) is 6.03. The van der Waals surface area contributed by atoms with Crippen molar-refractivity contribution in [2.45, 2.75) is 81.5 Å². The van der Waals surface area contributed by atoms with Crippen molar-refractivity contribution in [1.82, 2.24) is 24.9 Å². The fraction of sp³-hybridized carbons (Fsp3) is 0.607. The van der Waals surface area contributed by atoms with Gasteiger partial charge < -0.3 is 15.1 Å². The summed E-state index contributed by atoms with van der Waals surface area (Å²) in [6, 6.07) is 5.81. The second-order valence-electron chi connectivity index (χ2n) is 11.7. The number of nitrogens with zero attached hydrogens (tertiary/aromatic N) is 4. The van der Waals surface area contributed by atoms with Crippen LogP contribution in [0.4, 0.5) is 18.0 Å². The SMILES string of the molecule is CC1(NC(=O)N2CCC(n3ncc(C(=O)N4CC[C@H](c5ccccc5C(F)(F)F)C4)c3C3CC3)CC2)CC1. The monoisotopic (exact) mass is 529 g/mol. The number of halogens is 3. The van der Waals surface area contributed by atoms with Crippen molar-refractivity contribution in [2.75, 3.05) is 26.2 Å². The van der Waals surface area contributed by atoms with E-state index in [1.807, 2.05) is 9.58 Å². The number of hydrogen-bond acceptors (Lipinski definition) is 3. The number of piperidine rings is 1. The maximum absolute atomic E-state index is 13.6. The van der Waals surface area contributed by atoms with E-state index in [0.717, 1.165) is 50.3 Å². The Morgan fingerprint density at radius 1 is 0.974 bits per heavy atom. The molecule has 0 radical (unpaired) electrons. The summed E-state index contributed by atoms with van der Waals surface area (Å²) in [7, 11) is 0. The summed E-state index contributed by atoms with van der Waals surface area (Å²) in [5.74, 6) is -0.193. The van der Waals surface area contributed by atoms with Gasteiger partial charge in [-0.3, -0.25) is 9.48 Å². The summed E-state index contributed by atoms with van der Waals surface area (Å²) in [6.45, 7) is 4.06. The molecule has 38 heavy (non-hydrogen) atoms. The molecule has 1 aromatic heterocycles. The molecule has 2 saturated heterocycles. The molecular weight excluding hydrogens is 495 g/mol. The van der Waals surface area contributed by atoms with Gasteiger partial charge in [-0.15, -0.1) is 0 Å². The number of carbonyl (C=O) groups excluding carboxylic acids is 2. The largest absolute Gasteiger partial charge is 0.416 e. The standard InChI is InChI=1S/C28H34F3N5O2/c1-27(11-12-27)33-26(38)34-14-9-20(10-15-34)36-24(18-6-7-18)22(16-32-36)25(37)35-13-8-19(17-35)21-4-2-3-5-23(21)28(29,30)31/h2-5,16,18-20H,6-15,17H2,1H3,(H,33,38)/t19-/m0/s1. The van der Waals surface area contributed by atoms with Gasteiger partial charge in [-0.05, 0) is 63.5 Å². The van der Waals surface area contributed by atoms with Gasteiger partial charge in [0.25, 0.3) is 5.91 Å². The fourth-order valence-electron chi connectivity index (χ4n) is 6.03. The Morgan fingerprint density at radius 2 is 1.66 bits per heavy atom. The van der Waals surface area contributed by atoms with Crippen LogP contribution in [0.5, 0.6) is 0 Å². The number of carbonyl (C=O) groups is 2. The molecule has 10 heteroatoms. The topological polar surface area (TPSA) is 70.5 Å². The third-order valence-corrected chi connectivity index (χ3v) is 8.72. The van der Waals surface area contributed by atoms with Crippen LogP contribution in [0.25, 0.3) is 0 Å². The van der Waals surface area contributed by atoms with Crippen molar-refractivity contribution in [3.05, 3.63) is 52.8 Å². The molecule has 3 amide bonds. The van der Waals surface area contributed by atoms with Gasteiger partial charge in [0.15, 0.2) is 0 Å². The lowest BCUT2D eigenvalue weighted by Crippen LogP contribution is -2.48. The van der Waals surface area contributed by atoms with Gasteiger partial charge in [0.1, 0.15) is 0 Å². The van der Waals surface area contributed by atoms with E-state index in [1.54, 1.807) is 17.2 Å². The first-order valence-corrected chi connectivity index (χ1v) is 13.7. The van der Waals surface area contributed by atoms with E-state index >= 15 is 0 Å². The van der Waals surface area contributed by atoms with Gasteiger partial charge in [0.2, 0.25) is 0 Å². The van der Waals surface area contributed by atoms with Crippen LogP contribution in [0.15, 0.2) is 30.5 Å². The number of hydrogen-bond donors (Lipinski definition) is 1. The molecule has 1 N–H and O–H groups in total. The van der Waals surface area contributed by atoms with E-state index in [0.29, 0.717) is 31.6 Å². The average Bonchev–Trinajstić information content (AvgIpc) is 3.77. The number of aromatic nitrogens is 2. The van der Waals surface area contributed by atoms with Crippen LogP contribution in [0.3, 0.4) is 0 Å². The quantitative estimate of drug-likeness (QED) is 0.571. The van der Waals surface area contributed by atoms with Gasteiger partial charge >= 0.3 is 12.2 Å². The number of benzene rings is 1. The number of urea groups is 1. The molecule has 2 aromatic rings. The Bertz CT molecular complexity index is 1230. The van der Waals surface area contributed by atoms with E-state index in [2.05, 4.69) is 17.3 Å². The summed E-state index contributed by atoms with van der Waals surface area (Å²) in [5.41, 5.74) is 1.15. The van der Waals surface area contributed by atoms with Crippen LogP contribution in [-0.2, 0) is 6.18 Å². The highest BCUT2D eigenvalue weighted by atomic mass is 19.4. The third-order valence-electron chi connectivity index (χ3n) is 8.72. The Balaban J connectivity index is 1.15. The number of alkyl halides is 3. The highest BCUT2D eigenvalue weighted by Crippen LogP contribution is 2.44. The molecular formula is C28H34F3N5O2. The zero-order valence-electron chi connectivity index (χ0n) is 21.6. The average molecular weight is 530 g/mol. The first-order valence-electron chi connectivity index (χ1n) is 13.7. The van der Waals surface area contributed by atoms with Crippen molar-refractivity contribution in [3.63, 3.8) is 0 Å². The molecule has 2 aliphatic carbocycles. The van der Waals surface area contributed by atoms with E-state index < -0.39 is 11.7 Å². The molecule has 1 aromatic carbocycles. The van der Waals surface area contributed by atoms with Gasteiger partial charge in [0, 0.05) is 43.6 Å². The Kier molecular flexibility index (Phi) is 6.18. The molecule has 3 heterocycles. The minimum Gasteiger partial charge on any atom is -0.338 e. The number of likely N-dealkylation sites (tertiary alicyclic amines) is 2. The summed E-state index contributed by atoms with van der Waals surface area (Å²) in [4.78, 5) is 29.8. The molecule has 4 aliphatic rings. The lowest BCUT2D eigenvalue weighted by molar-refractivity contribution is -0.138. The molecule has 4 fully saturated rings. The van der Waals surface area contributed by atoms with E-state index in [1.165, 1.54) is 12.1 Å². The van der Waals surface area contributed by atoms with Crippen LogP contribution in [0.1, 0.15) is 96.9 Å². The predicted octanol–water partition coefficient (Wildman–Crippen LogP) is 5.31. The van der Waals surface area contributed by atoms with Gasteiger partial charge in [-0.1, -0.05) is 18.2 Å². The zero-order chi connectivity index (χ0) is 26.7. The van der Waals surface area contributed by atoms with Crippen LogP contribution >= 0.6 is 0 Å². The summed E-state index contributed by atoms with van der Waals surface area (Å²) in [5, 5.41) is 7.78. The molecule has 0 unspecified atom stereocenters. The van der Waals surface area contributed by atoms with Crippen molar-refractivity contribution in [3.8, 4) is 0 Å². The van der Waals surface area contributed by atoms with Crippen LogP contribution < -0.4 is 5.32 Å². The lowest BCUT2D eigenvalue weighted by Gasteiger charge is -2.33. The highest BCUT2D eigenvalue weighted by molar-refractivity contribution is 5.95. The first-order chi connectivity index (χ1) is 18.1. The van der Waals surface area contributed by atoms with Crippen molar-refractivity contribution in [2.24, 2.45) is 0 Å². The Labute approximate surface area is 220 Å². The van der Waals surface area contributed by atoms with Crippen LogP contribution in [0.2, 0.25) is 0 Å². The van der Waals surface area contributed by atoms with E-state index in [9.17, 15) is 22.8 Å². The van der Waals surface area contributed by atoms with Crippen molar-refractivity contribution in [1.29, 1.82) is 0 Å². The molecule has 0 bridgehead atoms. The minimum absolute atomic E-state index is 0.00196. The molecule has 6 rings (SSSR count). The Morgan fingerprint density at radius 3 is 2.32 bits per heavy atom. The second kappa shape index (κ2) is 9.31. The normalized spacial score (nSPS) is 23.5. The molecule has 1 atom stereocenters. The van der Waals surface area contributed by atoms with Gasteiger partial charge in [-0.25, -0.2) is 4.79 Å². The van der Waals surface area contributed by atoms with Crippen molar-refractivity contribution >= 4 is 11.9 Å². The summed E-state index contributed by atoms with van der Waals surface area (Å²) in [6.07, 6.45) is 3.36. The molecule has 0 spiro atoms. The highest BCUT2D eigenvalue weighted by Gasteiger charge is 2.42. The maximum atomic E-state index is 13.6. The number of rotatable bonds is 5. The molecule has 7 nitrogen and oxygen atoms in total. The maximum Gasteiger partial charge on any atom is 0.416 e. The first kappa shape index (κ1) is 25.2. The zero-order valence-corrected chi connectivity index (χ0v) is 21.6. The third kappa shape index (κ3) is 4.89. The smallest absolute Gasteiger partial charge is 0.338 e. The summed E-state index contributed by atoms with van der Waals surface area (Å²) >= 11 is 0.